The molecule has 2 aliphatic heterocycles. The lowest BCUT2D eigenvalue weighted by molar-refractivity contribution is -0.128. The summed E-state index contributed by atoms with van der Waals surface area (Å²) in [7, 11) is 0. The van der Waals surface area contributed by atoms with Crippen LogP contribution in [-0.4, -0.2) is 37.7 Å². The smallest absolute Gasteiger partial charge is 0.223 e. The molecule has 1 amide bonds. The average molecular weight is 263 g/mol. The summed E-state index contributed by atoms with van der Waals surface area (Å²) in [4.78, 5) is 11.9. The number of rotatable bonds is 4. The van der Waals surface area contributed by atoms with Gasteiger partial charge in [0.1, 0.15) is 0 Å². The van der Waals surface area contributed by atoms with Gasteiger partial charge in [-0.2, -0.15) is 0 Å². The Balaban J connectivity index is 0.00000144. The highest BCUT2D eigenvalue weighted by molar-refractivity contribution is 5.85. The molecule has 0 bridgehead atoms. The van der Waals surface area contributed by atoms with Gasteiger partial charge in [-0.3, -0.25) is 4.79 Å². The molecule has 2 saturated heterocycles. The summed E-state index contributed by atoms with van der Waals surface area (Å²) < 4.78 is 5.64. The first-order chi connectivity index (χ1) is 7.61. The molecular weight excluding hydrogens is 240 g/mol. The highest BCUT2D eigenvalue weighted by Gasteiger charge is 2.33. The summed E-state index contributed by atoms with van der Waals surface area (Å²) >= 11 is 0. The zero-order chi connectivity index (χ0) is 11.6. The normalized spacial score (nSPS) is 30.2. The molecule has 2 N–H and O–H groups in total. The van der Waals surface area contributed by atoms with Crippen molar-refractivity contribution < 1.29 is 9.53 Å². The zero-order valence-electron chi connectivity index (χ0n) is 10.6. The van der Waals surface area contributed by atoms with E-state index in [9.17, 15) is 4.79 Å². The summed E-state index contributed by atoms with van der Waals surface area (Å²) in [5, 5.41) is 6.22. The lowest BCUT2D eigenvalue weighted by atomic mass is 9.88. The van der Waals surface area contributed by atoms with Gasteiger partial charge in [-0.25, -0.2) is 0 Å². The van der Waals surface area contributed by atoms with Gasteiger partial charge in [-0.05, 0) is 38.8 Å². The first kappa shape index (κ1) is 14.7. The summed E-state index contributed by atoms with van der Waals surface area (Å²) in [5.41, 5.74) is -0.132. The molecule has 2 heterocycles. The Morgan fingerprint density at radius 2 is 2.29 bits per heavy atom. The van der Waals surface area contributed by atoms with Gasteiger partial charge >= 0.3 is 0 Å². The van der Waals surface area contributed by atoms with Crippen LogP contribution >= 0.6 is 12.4 Å². The summed E-state index contributed by atoms with van der Waals surface area (Å²) in [6, 6.07) is 0. The maximum Gasteiger partial charge on any atom is 0.223 e. The Morgan fingerprint density at radius 1 is 1.59 bits per heavy atom. The number of carbonyl (C=O) groups is 1. The Labute approximate surface area is 109 Å². The van der Waals surface area contributed by atoms with Crippen molar-refractivity contribution in [2.75, 3.05) is 26.2 Å². The molecule has 0 spiro atoms. The van der Waals surface area contributed by atoms with Gasteiger partial charge in [0.2, 0.25) is 5.91 Å². The second kappa shape index (κ2) is 6.03. The second-order valence-electron chi connectivity index (χ2n) is 5.33. The van der Waals surface area contributed by atoms with Crippen LogP contribution in [0.15, 0.2) is 0 Å². The maximum absolute atomic E-state index is 11.9. The van der Waals surface area contributed by atoms with E-state index in [1.165, 1.54) is 0 Å². The van der Waals surface area contributed by atoms with Crippen molar-refractivity contribution in [2.24, 2.45) is 11.8 Å². The van der Waals surface area contributed by atoms with E-state index in [0.717, 1.165) is 32.5 Å². The number of hydrogen-bond donors (Lipinski definition) is 2. The monoisotopic (exact) mass is 262 g/mol. The van der Waals surface area contributed by atoms with Gasteiger partial charge in [0, 0.05) is 19.1 Å². The van der Waals surface area contributed by atoms with Gasteiger partial charge in [0.25, 0.3) is 0 Å². The minimum Gasteiger partial charge on any atom is -0.373 e. The predicted molar refractivity (Wildman–Crippen MR) is 69.4 cm³/mol. The Bertz CT molecular complexity index is 263. The van der Waals surface area contributed by atoms with Crippen molar-refractivity contribution in [3.63, 3.8) is 0 Å². The van der Waals surface area contributed by atoms with Gasteiger partial charge in [-0.1, -0.05) is 6.92 Å². The third-order valence-electron chi connectivity index (χ3n) is 3.87. The molecule has 2 aliphatic rings. The van der Waals surface area contributed by atoms with Crippen LogP contribution in [-0.2, 0) is 9.53 Å². The van der Waals surface area contributed by atoms with Gasteiger partial charge < -0.3 is 15.4 Å². The molecule has 2 unspecified atom stereocenters. The fraction of sp³-hybridized carbons (Fsp3) is 0.917. The van der Waals surface area contributed by atoms with Crippen LogP contribution in [0.2, 0.25) is 0 Å². The molecule has 0 aromatic heterocycles. The molecule has 0 aromatic carbocycles. The fourth-order valence-electron chi connectivity index (χ4n) is 2.29. The molecule has 4 nitrogen and oxygen atoms in total. The third-order valence-corrected chi connectivity index (χ3v) is 3.87. The number of halogens is 1. The van der Waals surface area contributed by atoms with E-state index in [4.69, 9.17) is 4.74 Å². The highest BCUT2D eigenvalue weighted by Crippen LogP contribution is 2.24. The summed E-state index contributed by atoms with van der Waals surface area (Å²) in [5.74, 6) is 0.798. The van der Waals surface area contributed by atoms with Crippen molar-refractivity contribution in [1.82, 2.24) is 10.6 Å². The van der Waals surface area contributed by atoms with Crippen molar-refractivity contribution in [3.8, 4) is 0 Å². The minimum absolute atomic E-state index is 0. The number of amides is 1. The Kier molecular flexibility index (Phi) is 5.22. The molecular formula is C12H23ClN2O2. The molecule has 0 saturated carbocycles. The number of hydrogen-bond acceptors (Lipinski definition) is 3. The van der Waals surface area contributed by atoms with E-state index in [0.29, 0.717) is 12.5 Å². The Hall–Kier alpha value is -0.320. The second-order valence-corrected chi connectivity index (χ2v) is 5.33. The highest BCUT2D eigenvalue weighted by atomic mass is 35.5. The summed E-state index contributed by atoms with van der Waals surface area (Å²) in [6.45, 7) is 7.52. The lowest BCUT2D eigenvalue weighted by Crippen LogP contribution is -2.51. The first-order valence-corrected chi connectivity index (χ1v) is 6.23. The van der Waals surface area contributed by atoms with E-state index < -0.39 is 0 Å². The molecule has 2 fully saturated rings. The van der Waals surface area contributed by atoms with Crippen molar-refractivity contribution in [1.29, 1.82) is 0 Å². The van der Waals surface area contributed by atoms with Gasteiger partial charge in [-0.15, -0.1) is 12.4 Å². The van der Waals surface area contributed by atoms with E-state index in [-0.39, 0.29) is 29.8 Å². The van der Waals surface area contributed by atoms with Crippen molar-refractivity contribution >= 4 is 18.3 Å². The SMILES string of the molecule is CC(C(=O)NCC1(C)CCCO1)C1CNC1.Cl. The molecule has 100 valence electrons. The van der Waals surface area contributed by atoms with Crippen LogP contribution in [0.4, 0.5) is 0 Å². The molecule has 0 radical (unpaired) electrons. The molecule has 17 heavy (non-hydrogen) atoms. The number of nitrogens with one attached hydrogen (secondary N) is 2. The van der Waals surface area contributed by atoms with E-state index in [1.54, 1.807) is 0 Å². The largest absolute Gasteiger partial charge is 0.373 e. The van der Waals surface area contributed by atoms with E-state index in [2.05, 4.69) is 17.6 Å². The van der Waals surface area contributed by atoms with Crippen molar-refractivity contribution in [2.45, 2.75) is 32.3 Å². The summed E-state index contributed by atoms with van der Waals surface area (Å²) in [6.07, 6.45) is 2.15. The van der Waals surface area contributed by atoms with E-state index >= 15 is 0 Å². The van der Waals surface area contributed by atoms with Crippen LogP contribution in [0.25, 0.3) is 0 Å². The maximum atomic E-state index is 11.9. The fourth-order valence-corrected chi connectivity index (χ4v) is 2.29. The van der Waals surface area contributed by atoms with Crippen LogP contribution in [0.1, 0.15) is 26.7 Å². The zero-order valence-corrected chi connectivity index (χ0v) is 11.4. The third kappa shape index (κ3) is 3.57. The molecule has 5 heteroatoms. The Morgan fingerprint density at radius 3 is 2.76 bits per heavy atom. The average Bonchev–Trinajstić information content (AvgIpc) is 2.59. The van der Waals surface area contributed by atoms with Crippen LogP contribution in [0, 0.1) is 11.8 Å². The molecule has 2 atom stereocenters. The lowest BCUT2D eigenvalue weighted by Gasteiger charge is -2.32. The molecule has 0 aromatic rings. The van der Waals surface area contributed by atoms with Crippen molar-refractivity contribution in [3.05, 3.63) is 0 Å². The van der Waals surface area contributed by atoms with Gasteiger partial charge in [0.05, 0.1) is 5.60 Å². The predicted octanol–water partition coefficient (Wildman–Crippen LogP) is 0.949. The topological polar surface area (TPSA) is 50.4 Å². The number of carbonyl (C=O) groups excluding carboxylic acids is 1. The standard InChI is InChI=1S/C12H22N2O2.ClH/c1-9(10-6-13-7-10)11(15)14-8-12(2)4-3-5-16-12;/h9-10,13H,3-8H2,1-2H3,(H,14,15);1H. The first-order valence-electron chi connectivity index (χ1n) is 6.23. The minimum atomic E-state index is -0.132. The molecule has 0 aliphatic carbocycles. The number of ether oxygens (including phenoxy) is 1. The quantitative estimate of drug-likeness (QED) is 0.793. The van der Waals surface area contributed by atoms with Gasteiger partial charge in [0.15, 0.2) is 0 Å². The van der Waals surface area contributed by atoms with Crippen LogP contribution in [0.3, 0.4) is 0 Å². The van der Waals surface area contributed by atoms with Crippen LogP contribution in [0.5, 0.6) is 0 Å². The van der Waals surface area contributed by atoms with E-state index in [1.807, 2.05) is 6.92 Å². The molecule has 2 rings (SSSR count). The van der Waals surface area contributed by atoms with Crippen LogP contribution < -0.4 is 10.6 Å².